The zero-order chi connectivity index (χ0) is 9.10. The van der Waals surface area contributed by atoms with E-state index >= 15 is 0 Å². The van der Waals surface area contributed by atoms with E-state index in [1.165, 1.54) is 0 Å². The topological polar surface area (TPSA) is 37.0 Å². The van der Waals surface area contributed by atoms with Gasteiger partial charge in [0, 0.05) is 30.9 Å². The number of rotatable bonds is 1. The van der Waals surface area contributed by atoms with Crippen molar-refractivity contribution < 1.29 is 0 Å². The molecular formula is C9H12ClN3. The molecule has 3 nitrogen and oxygen atoms in total. The number of halogens is 1. The van der Waals surface area contributed by atoms with Crippen molar-refractivity contribution in [3.05, 3.63) is 29.0 Å². The van der Waals surface area contributed by atoms with Crippen LogP contribution < -0.4 is 10.6 Å². The molecule has 0 aliphatic carbocycles. The van der Waals surface area contributed by atoms with Crippen LogP contribution in [-0.2, 0) is 0 Å². The molecule has 2 N–H and O–H groups in total. The number of nitrogens with zero attached hydrogens (tertiary/aromatic N) is 1. The van der Waals surface area contributed by atoms with Gasteiger partial charge in [-0.3, -0.25) is 4.98 Å². The SMILES string of the molecule is Clc1ccnc(C2CNCCN2)c1. The third-order valence-corrected chi connectivity index (χ3v) is 2.38. The summed E-state index contributed by atoms with van der Waals surface area (Å²) in [5.74, 6) is 0. The van der Waals surface area contributed by atoms with Crippen LogP contribution in [-0.4, -0.2) is 24.6 Å². The number of pyridine rings is 1. The third kappa shape index (κ3) is 2.18. The van der Waals surface area contributed by atoms with Crippen molar-refractivity contribution in [1.82, 2.24) is 15.6 Å². The van der Waals surface area contributed by atoms with E-state index in [9.17, 15) is 0 Å². The highest BCUT2D eigenvalue weighted by molar-refractivity contribution is 6.30. The number of piperazine rings is 1. The third-order valence-electron chi connectivity index (χ3n) is 2.14. The lowest BCUT2D eigenvalue weighted by molar-refractivity contribution is 0.423. The van der Waals surface area contributed by atoms with Gasteiger partial charge in [0.2, 0.25) is 0 Å². The van der Waals surface area contributed by atoms with Crippen molar-refractivity contribution in [2.75, 3.05) is 19.6 Å². The van der Waals surface area contributed by atoms with Gasteiger partial charge in [0.15, 0.2) is 0 Å². The molecule has 1 aromatic rings. The lowest BCUT2D eigenvalue weighted by atomic mass is 10.1. The van der Waals surface area contributed by atoms with E-state index in [4.69, 9.17) is 11.6 Å². The highest BCUT2D eigenvalue weighted by atomic mass is 35.5. The minimum Gasteiger partial charge on any atom is -0.314 e. The van der Waals surface area contributed by atoms with Gasteiger partial charge in [-0.15, -0.1) is 0 Å². The van der Waals surface area contributed by atoms with Crippen molar-refractivity contribution in [3.63, 3.8) is 0 Å². The quantitative estimate of drug-likeness (QED) is 0.705. The first-order valence-corrected chi connectivity index (χ1v) is 4.79. The molecule has 0 saturated carbocycles. The molecule has 0 bridgehead atoms. The molecule has 4 heteroatoms. The van der Waals surface area contributed by atoms with Gasteiger partial charge < -0.3 is 10.6 Å². The predicted octanol–water partition coefficient (Wildman–Crippen LogP) is 0.969. The Bertz CT molecular complexity index is 284. The molecule has 1 saturated heterocycles. The van der Waals surface area contributed by atoms with Crippen LogP contribution in [0, 0.1) is 0 Å². The molecule has 70 valence electrons. The lowest BCUT2D eigenvalue weighted by Crippen LogP contribution is -2.42. The Morgan fingerprint density at radius 3 is 3.08 bits per heavy atom. The number of hydrogen-bond acceptors (Lipinski definition) is 3. The molecule has 1 aliphatic heterocycles. The molecule has 1 aromatic heterocycles. The van der Waals surface area contributed by atoms with Crippen LogP contribution in [0.4, 0.5) is 0 Å². The molecule has 2 rings (SSSR count). The average Bonchev–Trinajstić information content (AvgIpc) is 2.19. The predicted molar refractivity (Wildman–Crippen MR) is 52.9 cm³/mol. The minimum atomic E-state index is 0.299. The van der Waals surface area contributed by atoms with E-state index in [0.29, 0.717) is 6.04 Å². The Labute approximate surface area is 82.5 Å². The molecule has 2 heterocycles. The Hall–Kier alpha value is -0.640. The smallest absolute Gasteiger partial charge is 0.0622 e. The largest absolute Gasteiger partial charge is 0.314 e. The van der Waals surface area contributed by atoms with E-state index in [0.717, 1.165) is 30.4 Å². The van der Waals surface area contributed by atoms with Crippen molar-refractivity contribution >= 4 is 11.6 Å². The van der Waals surface area contributed by atoms with Gasteiger partial charge in [-0.25, -0.2) is 0 Å². The maximum Gasteiger partial charge on any atom is 0.0622 e. The van der Waals surface area contributed by atoms with Gasteiger partial charge >= 0.3 is 0 Å². The zero-order valence-corrected chi connectivity index (χ0v) is 8.01. The standard InChI is InChI=1S/C9H12ClN3/c10-7-1-2-12-8(5-7)9-6-11-3-4-13-9/h1-2,5,9,11,13H,3-4,6H2. The molecule has 1 atom stereocenters. The van der Waals surface area contributed by atoms with Gasteiger partial charge in [-0.05, 0) is 12.1 Å². The molecule has 0 aromatic carbocycles. The van der Waals surface area contributed by atoms with Gasteiger partial charge in [-0.2, -0.15) is 0 Å². The van der Waals surface area contributed by atoms with Crippen LogP contribution in [0.25, 0.3) is 0 Å². The van der Waals surface area contributed by atoms with Gasteiger partial charge in [0.25, 0.3) is 0 Å². The summed E-state index contributed by atoms with van der Waals surface area (Å²) in [6.45, 7) is 2.93. The summed E-state index contributed by atoms with van der Waals surface area (Å²) in [7, 11) is 0. The fourth-order valence-corrected chi connectivity index (χ4v) is 1.64. The van der Waals surface area contributed by atoms with Crippen LogP contribution >= 0.6 is 11.6 Å². The lowest BCUT2D eigenvalue weighted by Gasteiger charge is -2.23. The second-order valence-electron chi connectivity index (χ2n) is 3.11. The van der Waals surface area contributed by atoms with Crippen LogP contribution in [0.3, 0.4) is 0 Å². The molecule has 0 spiro atoms. The number of hydrogen-bond donors (Lipinski definition) is 2. The normalized spacial score (nSPS) is 23.0. The minimum absolute atomic E-state index is 0.299. The van der Waals surface area contributed by atoms with Crippen LogP contribution in [0.2, 0.25) is 5.02 Å². The summed E-state index contributed by atoms with van der Waals surface area (Å²) in [4.78, 5) is 4.28. The van der Waals surface area contributed by atoms with Crippen LogP contribution in [0.5, 0.6) is 0 Å². The Kier molecular flexibility index (Phi) is 2.78. The summed E-state index contributed by atoms with van der Waals surface area (Å²) in [5.41, 5.74) is 1.01. The zero-order valence-electron chi connectivity index (χ0n) is 7.26. The molecule has 0 amide bonds. The van der Waals surface area contributed by atoms with Gasteiger partial charge in [-0.1, -0.05) is 11.6 Å². The number of nitrogens with one attached hydrogen (secondary N) is 2. The maximum absolute atomic E-state index is 5.88. The first kappa shape index (κ1) is 8.94. The molecule has 1 aliphatic rings. The summed E-state index contributed by atoms with van der Waals surface area (Å²) in [5, 5.41) is 7.43. The van der Waals surface area contributed by atoms with E-state index in [2.05, 4.69) is 15.6 Å². The maximum atomic E-state index is 5.88. The molecule has 1 fully saturated rings. The summed E-state index contributed by atoms with van der Waals surface area (Å²) >= 11 is 5.88. The molecule has 0 radical (unpaired) electrons. The Morgan fingerprint density at radius 1 is 1.46 bits per heavy atom. The van der Waals surface area contributed by atoms with Gasteiger partial charge in [0.05, 0.1) is 11.7 Å². The number of aromatic nitrogens is 1. The first-order chi connectivity index (χ1) is 6.36. The molecule has 13 heavy (non-hydrogen) atoms. The summed E-state index contributed by atoms with van der Waals surface area (Å²) in [6, 6.07) is 4.00. The van der Waals surface area contributed by atoms with Crippen molar-refractivity contribution in [3.8, 4) is 0 Å². The van der Waals surface area contributed by atoms with Crippen molar-refractivity contribution in [1.29, 1.82) is 0 Å². The summed E-state index contributed by atoms with van der Waals surface area (Å²) in [6.07, 6.45) is 1.74. The highest BCUT2D eigenvalue weighted by Crippen LogP contribution is 2.15. The summed E-state index contributed by atoms with van der Waals surface area (Å²) < 4.78 is 0. The highest BCUT2D eigenvalue weighted by Gasteiger charge is 2.14. The Balaban J connectivity index is 2.14. The molecule has 1 unspecified atom stereocenters. The van der Waals surface area contributed by atoms with E-state index < -0.39 is 0 Å². The monoisotopic (exact) mass is 197 g/mol. The average molecular weight is 198 g/mol. The molecular weight excluding hydrogens is 186 g/mol. The second-order valence-corrected chi connectivity index (χ2v) is 3.55. The van der Waals surface area contributed by atoms with Crippen molar-refractivity contribution in [2.24, 2.45) is 0 Å². The van der Waals surface area contributed by atoms with Crippen LogP contribution in [0.15, 0.2) is 18.3 Å². The fourth-order valence-electron chi connectivity index (χ4n) is 1.47. The first-order valence-electron chi connectivity index (χ1n) is 4.42. The van der Waals surface area contributed by atoms with Crippen molar-refractivity contribution in [2.45, 2.75) is 6.04 Å². The van der Waals surface area contributed by atoms with E-state index in [1.54, 1.807) is 12.3 Å². The Morgan fingerprint density at radius 2 is 2.38 bits per heavy atom. The van der Waals surface area contributed by atoms with E-state index in [-0.39, 0.29) is 0 Å². The van der Waals surface area contributed by atoms with E-state index in [1.807, 2.05) is 6.07 Å². The van der Waals surface area contributed by atoms with Crippen LogP contribution in [0.1, 0.15) is 11.7 Å². The second kappa shape index (κ2) is 4.05. The fraction of sp³-hybridized carbons (Fsp3) is 0.444. The van der Waals surface area contributed by atoms with Gasteiger partial charge in [0.1, 0.15) is 0 Å².